The molecule has 1 aromatic carbocycles. The summed E-state index contributed by atoms with van der Waals surface area (Å²) in [6, 6.07) is 1.35. The summed E-state index contributed by atoms with van der Waals surface area (Å²) in [5.41, 5.74) is -2.62. The number of halogens is 5. The van der Waals surface area contributed by atoms with Gasteiger partial charge in [-0.3, -0.25) is 4.79 Å². The Morgan fingerprint density at radius 2 is 1.84 bits per heavy atom. The minimum absolute atomic E-state index is 0.158. The lowest BCUT2D eigenvalue weighted by Crippen LogP contribution is -2.40. The van der Waals surface area contributed by atoms with Crippen molar-refractivity contribution in [1.82, 2.24) is 0 Å². The Labute approximate surface area is 105 Å². The standard InChI is InChI=1S/C12H10F5NO/c1-11(5-12(15,16)17)9-7(14)3-6(13)4-8(9)18(2)10(11)19/h3-4H,5H2,1-2H3. The highest BCUT2D eigenvalue weighted by atomic mass is 19.4. The van der Waals surface area contributed by atoms with Gasteiger partial charge in [-0.1, -0.05) is 0 Å². The van der Waals surface area contributed by atoms with Crippen molar-refractivity contribution >= 4 is 11.6 Å². The monoisotopic (exact) mass is 279 g/mol. The number of amides is 1. The van der Waals surface area contributed by atoms with E-state index in [1.807, 2.05) is 0 Å². The van der Waals surface area contributed by atoms with Crippen molar-refractivity contribution in [3.63, 3.8) is 0 Å². The fraction of sp³-hybridized carbons (Fsp3) is 0.417. The number of benzene rings is 1. The van der Waals surface area contributed by atoms with Crippen LogP contribution in [0.25, 0.3) is 0 Å². The molecule has 0 aliphatic carbocycles. The van der Waals surface area contributed by atoms with Gasteiger partial charge in [0.15, 0.2) is 0 Å². The molecule has 0 N–H and O–H groups in total. The van der Waals surface area contributed by atoms with Crippen LogP contribution in [0.4, 0.5) is 27.6 Å². The van der Waals surface area contributed by atoms with Gasteiger partial charge in [0.2, 0.25) is 5.91 Å². The highest BCUT2D eigenvalue weighted by molar-refractivity contribution is 6.07. The quantitative estimate of drug-likeness (QED) is 0.723. The zero-order chi connectivity index (χ0) is 14.6. The molecule has 1 amide bonds. The molecular formula is C12H10F5NO. The Morgan fingerprint density at radius 1 is 1.26 bits per heavy atom. The third-order valence-electron chi connectivity index (χ3n) is 3.28. The second kappa shape index (κ2) is 3.91. The third-order valence-corrected chi connectivity index (χ3v) is 3.28. The molecule has 1 aromatic rings. The molecule has 0 fully saturated rings. The highest BCUT2D eigenvalue weighted by Crippen LogP contribution is 2.48. The van der Waals surface area contributed by atoms with Gasteiger partial charge >= 0.3 is 6.18 Å². The SMILES string of the molecule is CN1C(=O)C(C)(CC(F)(F)F)c2c(F)cc(F)cc21. The van der Waals surface area contributed by atoms with Gasteiger partial charge in [0.05, 0.1) is 17.5 Å². The molecule has 1 heterocycles. The Bertz CT molecular complexity index is 554. The molecule has 0 radical (unpaired) electrons. The van der Waals surface area contributed by atoms with E-state index in [4.69, 9.17) is 0 Å². The van der Waals surface area contributed by atoms with Crippen LogP contribution in [0.15, 0.2) is 12.1 Å². The summed E-state index contributed by atoms with van der Waals surface area (Å²) >= 11 is 0. The number of nitrogens with zero attached hydrogens (tertiary/aromatic N) is 1. The third kappa shape index (κ3) is 2.06. The van der Waals surface area contributed by atoms with Crippen LogP contribution in [-0.4, -0.2) is 19.1 Å². The summed E-state index contributed by atoms with van der Waals surface area (Å²) in [4.78, 5) is 12.8. The predicted octanol–water partition coefficient (Wildman–Crippen LogP) is 3.15. The zero-order valence-electron chi connectivity index (χ0n) is 10.1. The molecule has 7 heteroatoms. The van der Waals surface area contributed by atoms with Gasteiger partial charge < -0.3 is 4.90 Å². The van der Waals surface area contributed by atoms with Gasteiger partial charge in [-0.2, -0.15) is 13.2 Å². The second-order valence-corrected chi connectivity index (χ2v) is 4.77. The first-order valence-electron chi connectivity index (χ1n) is 5.41. The molecule has 1 unspecified atom stereocenters. The first-order valence-corrected chi connectivity index (χ1v) is 5.41. The van der Waals surface area contributed by atoms with E-state index in [9.17, 15) is 26.7 Å². The van der Waals surface area contributed by atoms with Crippen LogP contribution in [0, 0.1) is 11.6 Å². The van der Waals surface area contributed by atoms with Crippen LogP contribution in [0.5, 0.6) is 0 Å². The Hall–Kier alpha value is -1.66. The summed E-state index contributed by atoms with van der Waals surface area (Å²) in [6.45, 7) is 1.02. The summed E-state index contributed by atoms with van der Waals surface area (Å²) in [6.07, 6.45) is -6.12. The number of alkyl halides is 3. The Kier molecular flexibility index (Phi) is 2.84. The van der Waals surface area contributed by atoms with E-state index in [0.29, 0.717) is 6.07 Å². The Balaban J connectivity index is 2.65. The number of carbonyl (C=O) groups is 1. The highest BCUT2D eigenvalue weighted by Gasteiger charge is 2.53. The van der Waals surface area contributed by atoms with E-state index in [-0.39, 0.29) is 5.69 Å². The summed E-state index contributed by atoms with van der Waals surface area (Å²) < 4.78 is 64.7. The van der Waals surface area contributed by atoms with Crippen molar-refractivity contribution in [2.75, 3.05) is 11.9 Å². The molecule has 1 atom stereocenters. The fourth-order valence-electron chi connectivity index (χ4n) is 2.52. The molecule has 1 aliphatic heterocycles. The summed E-state index contributed by atoms with van der Waals surface area (Å²) in [5, 5.41) is 0. The zero-order valence-corrected chi connectivity index (χ0v) is 10.1. The predicted molar refractivity (Wildman–Crippen MR) is 57.8 cm³/mol. The molecule has 0 aromatic heterocycles. The number of carbonyl (C=O) groups excluding carboxylic acids is 1. The average molecular weight is 279 g/mol. The molecular weight excluding hydrogens is 269 g/mol. The number of hydrogen-bond acceptors (Lipinski definition) is 1. The molecule has 104 valence electrons. The van der Waals surface area contributed by atoms with E-state index >= 15 is 0 Å². The Morgan fingerprint density at radius 3 is 2.37 bits per heavy atom. The molecule has 0 spiro atoms. The van der Waals surface area contributed by atoms with Crippen LogP contribution in [0.1, 0.15) is 18.9 Å². The molecule has 0 bridgehead atoms. The maximum Gasteiger partial charge on any atom is 0.390 e. The largest absolute Gasteiger partial charge is 0.390 e. The molecule has 2 rings (SSSR count). The first kappa shape index (κ1) is 13.8. The van der Waals surface area contributed by atoms with E-state index in [2.05, 4.69) is 0 Å². The number of hydrogen-bond donors (Lipinski definition) is 0. The van der Waals surface area contributed by atoms with Crippen LogP contribution >= 0.6 is 0 Å². The van der Waals surface area contributed by atoms with E-state index < -0.39 is 41.1 Å². The topological polar surface area (TPSA) is 20.3 Å². The number of rotatable bonds is 1. The van der Waals surface area contributed by atoms with Crippen molar-refractivity contribution in [3.05, 3.63) is 29.3 Å². The number of likely N-dealkylation sites (N-methyl/N-ethyl adjacent to an activating group) is 1. The molecule has 0 saturated carbocycles. The lowest BCUT2D eigenvalue weighted by molar-refractivity contribution is -0.155. The van der Waals surface area contributed by atoms with Crippen molar-refractivity contribution in [2.24, 2.45) is 0 Å². The minimum atomic E-state index is -4.63. The summed E-state index contributed by atoms with van der Waals surface area (Å²) in [7, 11) is 1.20. The molecule has 0 saturated heterocycles. The van der Waals surface area contributed by atoms with Gasteiger partial charge in [-0.05, 0) is 13.0 Å². The normalized spacial score (nSPS) is 22.9. The van der Waals surface area contributed by atoms with Crippen molar-refractivity contribution in [3.8, 4) is 0 Å². The lowest BCUT2D eigenvalue weighted by Gasteiger charge is -2.24. The van der Waals surface area contributed by atoms with Crippen LogP contribution < -0.4 is 4.90 Å². The van der Waals surface area contributed by atoms with Crippen LogP contribution in [0.3, 0.4) is 0 Å². The van der Waals surface area contributed by atoms with Gasteiger partial charge in [0.1, 0.15) is 11.6 Å². The first-order chi connectivity index (χ1) is 8.56. The average Bonchev–Trinajstić information content (AvgIpc) is 2.38. The number of anilines is 1. The van der Waals surface area contributed by atoms with Crippen molar-refractivity contribution < 1.29 is 26.7 Å². The van der Waals surface area contributed by atoms with Crippen molar-refractivity contribution in [2.45, 2.75) is 24.9 Å². The van der Waals surface area contributed by atoms with Gasteiger partial charge in [0.25, 0.3) is 0 Å². The fourth-order valence-corrected chi connectivity index (χ4v) is 2.52. The number of fused-ring (bicyclic) bond motifs is 1. The smallest absolute Gasteiger partial charge is 0.314 e. The summed E-state index contributed by atoms with van der Waals surface area (Å²) in [5.74, 6) is -2.98. The molecule has 1 aliphatic rings. The molecule has 19 heavy (non-hydrogen) atoms. The van der Waals surface area contributed by atoms with Gasteiger partial charge in [0, 0.05) is 18.7 Å². The van der Waals surface area contributed by atoms with Crippen LogP contribution in [0.2, 0.25) is 0 Å². The van der Waals surface area contributed by atoms with Crippen molar-refractivity contribution in [1.29, 1.82) is 0 Å². The molecule has 2 nitrogen and oxygen atoms in total. The maximum absolute atomic E-state index is 13.8. The second-order valence-electron chi connectivity index (χ2n) is 4.77. The minimum Gasteiger partial charge on any atom is -0.314 e. The van der Waals surface area contributed by atoms with E-state index in [0.717, 1.165) is 17.9 Å². The lowest BCUT2D eigenvalue weighted by atomic mass is 9.80. The van der Waals surface area contributed by atoms with E-state index in [1.54, 1.807) is 0 Å². The van der Waals surface area contributed by atoms with Gasteiger partial charge in [-0.25, -0.2) is 8.78 Å². The van der Waals surface area contributed by atoms with Crippen LogP contribution in [-0.2, 0) is 10.2 Å². The maximum atomic E-state index is 13.8. The van der Waals surface area contributed by atoms with E-state index in [1.165, 1.54) is 7.05 Å². The van der Waals surface area contributed by atoms with Gasteiger partial charge in [-0.15, -0.1) is 0 Å².